The van der Waals surface area contributed by atoms with Gasteiger partial charge in [0.1, 0.15) is 6.29 Å². The lowest BCUT2D eigenvalue weighted by molar-refractivity contribution is -0.107. The maximum atomic E-state index is 12.4. The SMILES string of the molecule is O=CCC(c1ccccc1)[PH](=O)Nc1ccccc1. The van der Waals surface area contributed by atoms with Gasteiger partial charge >= 0.3 is 0 Å². The van der Waals surface area contributed by atoms with Crippen molar-refractivity contribution in [1.29, 1.82) is 0 Å². The highest BCUT2D eigenvalue weighted by molar-refractivity contribution is 7.46. The van der Waals surface area contributed by atoms with Gasteiger partial charge in [0.05, 0.1) is 5.66 Å². The Labute approximate surface area is 113 Å². The van der Waals surface area contributed by atoms with Crippen LogP contribution < -0.4 is 5.09 Å². The van der Waals surface area contributed by atoms with Gasteiger partial charge < -0.3 is 14.4 Å². The Morgan fingerprint density at radius 1 is 1.00 bits per heavy atom. The lowest BCUT2D eigenvalue weighted by Crippen LogP contribution is -1.99. The molecule has 0 spiro atoms. The molecule has 0 fully saturated rings. The molecule has 0 amide bonds. The second-order valence-electron chi connectivity index (χ2n) is 4.22. The molecule has 2 rings (SSSR count). The first-order valence-electron chi connectivity index (χ1n) is 6.16. The van der Waals surface area contributed by atoms with Crippen LogP contribution in [-0.4, -0.2) is 6.29 Å². The monoisotopic (exact) mass is 273 g/mol. The van der Waals surface area contributed by atoms with Gasteiger partial charge in [0.2, 0.25) is 0 Å². The van der Waals surface area contributed by atoms with E-state index < -0.39 is 7.95 Å². The quantitative estimate of drug-likeness (QED) is 0.641. The van der Waals surface area contributed by atoms with Crippen LogP contribution in [0.3, 0.4) is 0 Å². The third-order valence-corrected chi connectivity index (χ3v) is 4.63. The zero-order chi connectivity index (χ0) is 13.5. The normalized spacial score (nSPS) is 13.5. The van der Waals surface area contributed by atoms with Crippen molar-refractivity contribution in [2.75, 3.05) is 5.09 Å². The summed E-state index contributed by atoms with van der Waals surface area (Å²) >= 11 is 0. The molecule has 0 aliphatic heterocycles. The molecule has 0 aliphatic carbocycles. The van der Waals surface area contributed by atoms with Gasteiger partial charge in [-0.25, -0.2) is 0 Å². The first-order valence-corrected chi connectivity index (χ1v) is 7.64. The first-order chi connectivity index (χ1) is 9.31. The Balaban J connectivity index is 2.15. The highest BCUT2D eigenvalue weighted by atomic mass is 31.1. The van der Waals surface area contributed by atoms with Gasteiger partial charge in [-0.05, 0) is 17.7 Å². The fourth-order valence-electron chi connectivity index (χ4n) is 1.93. The summed E-state index contributed by atoms with van der Waals surface area (Å²) in [5, 5.41) is 3.01. The largest absolute Gasteiger partial charge is 0.338 e. The number of carbonyl (C=O) groups is 1. The fraction of sp³-hybridized carbons (Fsp3) is 0.133. The number of nitrogens with one attached hydrogen (secondary N) is 1. The van der Waals surface area contributed by atoms with Crippen LogP contribution >= 0.6 is 7.95 Å². The number of para-hydroxylation sites is 1. The molecule has 2 atom stereocenters. The second kappa shape index (κ2) is 6.91. The van der Waals surface area contributed by atoms with E-state index in [-0.39, 0.29) is 12.1 Å². The summed E-state index contributed by atoms with van der Waals surface area (Å²) in [4.78, 5) is 10.8. The average molecular weight is 273 g/mol. The third-order valence-electron chi connectivity index (χ3n) is 2.89. The summed E-state index contributed by atoms with van der Waals surface area (Å²) in [5.74, 6) is 0. The molecule has 3 nitrogen and oxygen atoms in total. The molecule has 0 saturated carbocycles. The molecule has 2 unspecified atom stereocenters. The maximum absolute atomic E-state index is 12.4. The second-order valence-corrected chi connectivity index (χ2v) is 5.90. The van der Waals surface area contributed by atoms with E-state index in [9.17, 15) is 9.36 Å². The van der Waals surface area contributed by atoms with Crippen LogP contribution in [0, 0.1) is 0 Å². The molecule has 0 aromatic heterocycles. The summed E-state index contributed by atoms with van der Waals surface area (Å²) in [6.45, 7) is 0. The molecular formula is C15H16NO2P. The van der Waals surface area contributed by atoms with Crippen molar-refractivity contribution in [2.24, 2.45) is 0 Å². The highest BCUT2D eigenvalue weighted by Gasteiger charge is 2.18. The van der Waals surface area contributed by atoms with Crippen molar-refractivity contribution in [2.45, 2.75) is 12.1 Å². The maximum Gasteiger partial charge on any atom is 0.166 e. The summed E-state index contributed by atoms with van der Waals surface area (Å²) in [6.07, 6.45) is 1.09. The standard InChI is InChI=1S/C15H16NO2P/c17-12-11-15(13-7-3-1-4-8-13)19(18)16-14-9-5-2-6-10-14/h1-10,12,15,19H,11H2,(H,16,18). The molecule has 0 radical (unpaired) electrons. The van der Waals surface area contributed by atoms with Gasteiger partial charge in [0.25, 0.3) is 0 Å². The molecule has 2 aromatic rings. The zero-order valence-electron chi connectivity index (χ0n) is 10.5. The highest BCUT2D eigenvalue weighted by Crippen LogP contribution is 2.42. The minimum atomic E-state index is -2.13. The molecule has 0 bridgehead atoms. The predicted molar refractivity (Wildman–Crippen MR) is 78.9 cm³/mol. The predicted octanol–water partition coefficient (Wildman–Crippen LogP) is 3.90. The lowest BCUT2D eigenvalue weighted by Gasteiger charge is -2.16. The first kappa shape index (κ1) is 13.6. The fourth-order valence-corrected chi connectivity index (χ4v) is 3.36. The van der Waals surface area contributed by atoms with Gasteiger partial charge in [-0.3, -0.25) is 0 Å². The Kier molecular flexibility index (Phi) is 4.93. The van der Waals surface area contributed by atoms with Gasteiger partial charge in [-0.15, -0.1) is 0 Å². The minimum Gasteiger partial charge on any atom is -0.338 e. The number of anilines is 1. The summed E-state index contributed by atoms with van der Waals surface area (Å²) in [5.41, 5.74) is 1.49. The summed E-state index contributed by atoms with van der Waals surface area (Å²) < 4.78 is 12.4. The topological polar surface area (TPSA) is 46.2 Å². The van der Waals surface area contributed by atoms with E-state index in [0.29, 0.717) is 0 Å². The third kappa shape index (κ3) is 3.80. The van der Waals surface area contributed by atoms with E-state index in [0.717, 1.165) is 17.5 Å². The Morgan fingerprint density at radius 3 is 2.16 bits per heavy atom. The van der Waals surface area contributed by atoms with Crippen molar-refractivity contribution in [3.63, 3.8) is 0 Å². The van der Waals surface area contributed by atoms with E-state index in [4.69, 9.17) is 0 Å². The molecule has 0 heterocycles. The van der Waals surface area contributed by atoms with Crippen molar-refractivity contribution in [1.82, 2.24) is 0 Å². The van der Waals surface area contributed by atoms with Crippen LogP contribution in [-0.2, 0) is 9.36 Å². The van der Waals surface area contributed by atoms with Gasteiger partial charge in [-0.2, -0.15) is 0 Å². The van der Waals surface area contributed by atoms with E-state index in [1.165, 1.54) is 0 Å². The zero-order valence-corrected chi connectivity index (χ0v) is 11.5. The summed E-state index contributed by atoms with van der Waals surface area (Å²) in [6, 6.07) is 18.9. The van der Waals surface area contributed by atoms with Crippen LogP contribution in [0.1, 0.15) is 17.6 Å². The molecule has 98 valence electrons. The van der Waals surface area contributed by atoms with E-state index in [1.807, 2.05) is 60.7 Å². The minimum absolute atomic E-state index is 0.260. The van der Waals surface area contributed by atoms with Crippen molar-refractivity contribution >= 4 is 19.9 Å². The number of hydrogen-bond donors (Lipinski definition) is 1. The smallest absolute Gasteiger partial charge is 0.166 e. The average Bonchev–Trinajstić information content (AvgIpc) is 2.46. The molecule has 2 aromatic carbocycles. The lowest BCUT2D eigenvalue weighted by atomic mass is 10.1. The molecule has 1 N–H and O–H groups in total. The van der Waals surface area contributed by atoms with Crippen molar-refractivity contribution in [3.8, 4) is 0 Å². The molecular weight excluding hydrogens is 257 g/mol. The van der Waals surface area contributed by atoms with Crippen molar-refractivity contribution < 1.29 is 9.36 Å². The number of rotatable bonds is 6. The van der Waals surface area contributed by atoms with Gasteiger partial charge in [-0.1, -0.05) is 48.5 Å². The van der Waals surface area contributed by atoms with E-state index in [1.54, 1.807) is 0 Å². The molecule has 0 saturated heterocycles. The van der Waals surface area contributed by atoms with E-state index in [2.05, 4.69) is 5.09 Å². The van der Waals surface area contributed by atoms with Gasteiger partial charge in [0, 0.05) is 12.1 Å². The van der Waals surface area contributed by atoms with Crippen LogP contribution in [0.25, 0.3) is 0 Å². The Bertz CT molecular complexity index is 543. The number of hydrogen-bond acceptors (Lipinski definition) is 2. The number of benzene rings is 2. The van der Waals surface area contributed by atoms with Crippen LogP contribution in [0.15, 0.2) is 60.7 Å². The number of carbonyl (C=O) groups excluding carboxylic acids is 1. The van der Waals surface area contributed by atoms with Crippen LogP contribution in [0.5, 0.6) is 0 Å². The molecule has 0 aliphatic rings. The molecule has 19 heavy (non-hydrogen) atoms. The number of aldehydes is 1. The van der Waals surface area contributed by atoms with Gasteiger partial charge in [0.15, 0.2) is 7.95 Å². The Morgan fingerprint density at radius 2 is 1.58 bits per heavy atom. The van der Waals surface area contributed by atoms with Crippen LogP contribution in [0.2, 0.25) is 0 Å². The van der Waals surface area contributed by atoms with Crippen LogP contribution in [0.4, 0.5) is 5.69 Å². The Hall–Kier alpha value is -1.86. The van der Waals surface area contributed by atoms with Crippen molar-refractivity contribution in [3.05, 3.63) is 66.2 Å². The summed E-state index contributed by atoms with van der Waals surface area (Å²) in [7, 11) is -2.13. The molecule has 4 heteroatoms. The van der Waals surface area contributed by atoms with E-state index >= 15 is 0 Å².